The number of hydrogen-bond acceptors (Lipinski definition) is 5. The van der Waals surface area contributed by atoms with Gasteiger partial charge in [-0.2, -0.15) is 0 Å². The molecule has 0 bridgehead atoms. The molecule has 0 radical (unpaired) electrons. The highest BCUT2D eigenvalue weighted by atomic mass is 79.9. The molecule has 4 rings (SSSR count). The van der Waals surface area contributed by atoms with E-state index in [1.54, 1.807) is 7.05 Å². The normalized spacial score (nSPS) is 16.0. The average Bonchev–Trinajstić information content (AvgIpc) is 3.04. The lowest BCUT2D eigenvalue weighted by molar-refractivity contribution is 0.144. The third-order valence-electron chi connectivity index (χ3n) is 5.62. The molecule has 9 heteroatoms. The van der Waals surface area contributed by atoms with Crippen molar-refractivity contribution in [3.8, 4) is 0 Å². The van der Waals surface area contributed by atoms with Crippen LogP contribution in [0.2, 0.25) is 0 Å². The topological polar surface area (TPSA) is 68.3 Å². The van der Waals surface area contributed by atoms with Gasteiger partial charge in [0, 0.05) is 51.3 Å². The maximum Gasteiger partial charge on any atom is 0.332 e. The van der Waals surface area contributed by atoms with Gasteiger partial charge in [0.15, 0.2) is 11.2 Å². The van der Waals surface area contributed by atoms with E-state index < -0.39 is 0 Å². The number of aromatic nitrogens is 4. The number of imidazole rings is 1. The molecule has 1 fully saturated rings. The second kappa shape index (κ2) is 7.89. The summed E-state index contributed by atoms with van der Waals surface area (Å²) in [5.41, 5.74) is 1.31. The second-order valence-corrected chi connectivity index (χ2v) is 8.62. The molecule has 0 spiro atoms. The summed E-state index contributed by atoms with van der Waals surface area (Å²) < 4.78 is 5.57. The fourth-order valence-electron chi connectivity index (χ4n) is 3.81. The van der Waals surface area contributed by atoms with Crippen LogP contribution in [0.4, 0.5) is 0 Å². The van der Waals surface area contributed by atoms with Crippen molar-refractivity contribution in [3.63, 3.8) is 0 Å². The largest absolute Gasteiger partial charge is 0.332 e. The molecule has 154 valence electrons. The van der Waals surface area contributed by atoms with Gasteiger partial charge in [-0.05, 0) is 24.7 Å². The van der Waals surface area contributed by atoms with Crippen molar-refractivity contribution in [1.82, 2.24) is 28.5 Å². The lowest BCUT2D eigenvalue weighted by Crippen LogP contribution is -2.44. The van der Waals surface area contributed by atoms with Crippen molar-refractivity contribution in [2.24, 2.45) is 14.1 Å². The highest BCUT2D eigenvalue weighted by Crippen LogP contribution is 2.18. The van der Waals surface area contributed by atoms with Crippen LogP contribution in [0.3, 0.4) is 0 Å². The van der Waals surface area contributed by atoms with Crippen LogP contribution in [0.25, 0.3) is 11.2 Å². The Balaban J connectivity index is 1.84. The van der Waals surface area contributed by atoms with E-state index in [-0.39, 0.29) is 11.2 Å². The predicted octanol–water partition coefficient (Wildman–Crippen LogP) is 0.992. The first kappa shape index (κ1) is 20.1. The zero-order valence-corrected chi connectivity index (χ0v) is 18.5. The average molecular weight is 461 g/mol. The highest BCUT2D eigenvalue weighted by molar-refractivity contribution is 9.10. The minimum Gasteiger partial charge on any atom is -0.317 e. The number of piperazine rings is 1. The monoisotopic (exact) mass is 460 g/mol. The Hall–Kier alpha value is -2.23. The standard InChI is InChI=1S/C20H25BrN6O2/c1-23-7-9-26(10-8-23)13-16-22-18-17(19(28)25(3)20(29)24(18)2)27(16)12-14-5-4-6-15(21)11-14/h4-6,11H,7-10,12-13H2,1-3H3. The summed E-state index contributed by atoms with van der Waals surface area (Å²) in [5.74, 6) is 0.808. The lowest BCUT2D eigenvalue weighted by Gasteiger charge is -2.32. The van der Waals surface area contributed by atoms with Crippen LogP contribution in [-0.4, -0.2) is 61.7 Å². The van der Waals surface area contributed by atoms with E-state index in [2.05, 4.69) is 32.8 Å². The Kier molecular flexibility index (Phi) is 5.46. The molecular weight excluding hydrogens is 436 g/mol. The number of nitrogens with zero attached hydrogens (tertiary/aromatic N) is 6. The summed E-state index contributed by atoms with van der Waals surface area (Å²) in [6.07, 6.45) is 0. The van der Waals surface area contributed by atoms with E-state index >= 15 is 0 Å². The summed E-state index contributed by atoms with van der Waals surface area (Å²) >= 11 is 3.52. The van der Waals surface area contributed by atoms with E-state index in [0.29, 0.717) is 24.3 Å². The number of halogens is 1. The fraction of sp³-hybridized carbons (Fsp3) is 0.450. The quantitative estimate of drug-likeness (QED) is 0.580. The molecule has 8 nitrogen and oxygen atoms in total. The third kappa shape index (κ3) is 3.82. The van der Waals surface area contributed by atoms with Gasteiger partial charge >= 0.3 is 5.69 Å². The van der Waals surface area contributed by atoms with Gasteiger partial charge in [0.1, 0.15) is 5.82 Å². The van der Waals surface area contributed by atoms with E-state index in [0.717, 1.165) is 46.6 Å². The van der Waals surface area contributed by atoms with Gasteiger partial charge in [-0.3, -0.25) is 18.8 Å². The molecule has 0 N–H and O–H groups in total. The van der Waals surface area contributed by atoms with Crippen molar-refractivity contribution < 1.29 is 0 Å². The van der Waals surface area contributed by atoms with E-state index in [1.165, 1.54) is 11.6 Å². The first-order valence-electron chi connectivity index (χ1n) is 9.65. The molecule has 0 amide bonds. The minimum absolute atomic E-state index is 0.310. The highest BCUT2D eigenvalue weighted by Gasteiger charge is 2.22. The van der Waals surface area contributed by atoms with E-state index in [9.17, 15) is 9.59 Å². The van der Waals surface area contributed by atoms with Crippen LogP contribution in [0.1, 0.15) is 11.4 Å². The first-order valence-corrected chi connectivity index (χ1v) is 10.4. The van der Waals surface area contributed by atoms with Crippen molar-refractivity contribution in [2.45, 2.75) is 13.1 Å². The SMILES string of the molecule is CN1CCN(Cc2nc3c(c(=O)n(C)c(=O)n3C)n2Cc2cccc(Br)c2)CC1. The number of hydrogen-bond donors (Lipinski definition) is 0. The predicted molar refractivity (Wildman–Crippen MR) is 116 cm³/mol. The summed E-state index contributed by atoms with van der Waals surface area (Å²) in [4.78, 5) is 34.8. The van der Waals surface area contributed by atoms with Gasteiger partial charge in [-0.1, -0.05) is 28.1 Å². The van der Waals surface area contributed by atoms with Gasteiger partial charge in [-0.25, -0.2) is 9.78 Å². The van der Waals surface area contributed by atoms with Crippen molar-refractivity contribution in [3.05, 3.63) is 61.0 Å². The maximum atomic E-state index is 13.0. The molecule has 0 atom stereocenters. The molecule has 1 aliphatic heterocycles. The Morgan fingerprint density at radius 2 is 1.72 bits per heavy atom. The molecule has 0 saturated carbocycles. The van der Waals surface area contributed by atoms with Gasteiger partial charge < -0.3 is 9.47 Å². The van der Waals surface area contributed by atoms with Crippen molar-refractivity contribution in [1.29, 1.82) is 0 Å². The summed E-state index contributed by atoms with van der Waals surface area (Å²) in [7, 11) is 5.31. The molecular formula is C20H25BrN6O2. The minimum atomic E-state index is -0.360. The Morgan fingerprint density at radius 1 is 1.00 bits per heavy atom. The first-order chi connectivity index (χ1) is 13.8. The molecule has 1 aromatic carbocycles. The fourth-order valence-corrected chi connectivity index (χ4v) is 4.25. The van der Waals surface area contributed by atoms with Gasteiger partial charge in [0.25, 0.3) is 5.56 Å². The van der Waals surface area contributed by atoms with Gasteiger partial charge in [0.2, 0.25) is 0 Å². The molecule has 29 heavy (non-hydrogen) atoms. The molecule has 1 saturated heterocycles. The number of rotatable bonds is 4. The number of likely N-dealkylation sites (N-methyl/N-ethyl adjacent to an activating group) is 1. The van der Waals surface area contributed by atoms with Crippen LogP contribution in [0.15, 0.2) is 38.3 Å². The molecule has 0 aliphatic carbocycles. The van der Waals surface area contributed by atoms with E-state index in [4.69, 9.17) is 4.98 Å². The number of benzene rings is 1. The van der Waals surface area contributed by atoms with Crippen LogP contribution >= 0.6 is 15.9 Å². The smallest absolute Gasteiger partial charge is 0.317 e. The Labute approximate surface area is 177 Å². The van der Waals surface area contributed by atoms with Crippen LogP contribution in [0.5, 0.6) is 0 Å². The number of aryl methyl sites for hydroxylation is 1. The summed E-state index contributed by atoms with van der Waals surface area (Å²) in [5, 5.41) is 0. The van der Waals surface area contributed by atoms with Crippen LogP contribution < -0.4 is 11.2 Å². The Morgan fingerprint density at radius 3 is 2.41 bits per heavy atom. The third-order valence-corrected chi connectivity index (χ3v) is 6.11. The van der Waals surface area contributed by atoms with Crippen LogP contribution in [0, 0.1) is 0 Å². The zero-order valence-electron chi connectivity index (χ0n) is 16.9. The maximum absolute atomic E-state index is 13.0. The van der Waals surface area contributed by atoms with Gasteiger partial charge in [0.05, 0.1) is 6.54 Å². The van der Waals surface area contributed by atoms with Crippen molar-refractivity contribution >= 4 is 27.1 Å². The second-order valence-electron chi connectivity index (χ2n) is 7.70. The Bertz CT molecular complexity index is 1170. The molecule has 3 aromatic rings. The van der Waals surface area contributed by atoms with Crippen LogP contribution in [-0.2, 0) is 27.2 Å². The molecule has 1 aliphatic rings. The van der Waals surface area contributed by atoms with Gasteiger partial charge in [-0.15, -0.1) is 0 Å². The molecule has 2 aromatic heterocycles. The number of fused-ring (bicyclic) bond motifs is 1. The van der Waals surface area contributed by atoms with E-state index in [1.807, 2.05) is 28.8 Å². The summed E-state index contributed by atoms with van der Waals surface area (Å²) in [6.45, 7) is 5.08. The molecule has 0 unspecified atom stereocenters. The lowest BCUT2D eigenvalue weighted by atomic mass is 10.2. The zero-order chi connectivity index (χ0) is 20.7. The van der Waals surface area contributed by atoms with Crippen molar-refractivity contribution in [2.75, 3.05) is 33.2 Å². The molecule has 3 heterocycles. The summed E-state index contributed by atoms with van der Waals surface area (Å²) in [6, 6.07) is 8.02.